The Hall–Kier alpha value is -2.89. The van der Waals surface area contributed by atoms with Gasteiger partial charge >= 0.3 is 0 Å². The molecule has 1 amide bonds. The third-order valence-corrected chi connectivity index (χ3v) is 5.36. The summed E-state index contributed by atoms with van der Waals surface area (Å²) >= 11 is 0. The Morgan fingerprint density at radius 2 is 2.04 bits per heavy atom. The molecule has 2 aliphatic carbocycles. The van der Waals surface area contributed by atoms with Crippen LogP contribution in [0.15, 0.2) is 36.5 Å². The molecule has 2 aromatic heterocycles. The fraction of sp³-hybridized carbons (Fsp3) is 0.333. The minimum Gasteiger partial charge on any atom is -0.349 e. The molecular weight excluding hydrogens is 343 g/mol. The van der Waals surface area contributed by atoms with Crippen molar-refractivity contribution < 1.29 is 9.18 Å². The number of benzene rings is 1. The van der Waals surface area contributed by atoms with Crippen molar-refractivity contribution in [3.05, 3.63) is 53.6 Å². The summed E-state index contributed by atoms with van der Waals surface area (Å²) in [4.78, 5) is 21.9. The van der Waals surface area contributed by atoms with Crippen molar-refractivity contribution in [1.82, 2.24) is 15.3 Å². The summed E-state index contributed by atoms with van der Waals surface area (Å²) in [6.07, 6.45) is 6.21. The summed E-state index contributed by atoms with van der Waals surface area (Å²) in [6, 6.07) is 8.88. The van der Waals surface area contributed by atoms with Gasteiger partial charge < -0.3 is 15.2 Å². The lowest BCUT2D eigenvalue weighted by Gasteiger charge is -2.20. The van der Waals surface area contributed by atoms with Crippen molar-refractivity contribution in [1.29, 1.82) is 0 Å². The quantitative estimate of drug-likeness (QED) is 0.712. The van der Waals surface area contributed by atoms with E-state index >= 15 is 0 Å². The second-order valence-electron chi connectivity index (χ2n) is 7.60. The van der Waals surface area contributed by atoms with E-state index in [0.29, 0.717) is 17.2 Å². The summed E-state index contributed by atoms with van der Waals surface area (Å²) < 4.78 is 14.5. The first-order valence-electron chi connectivity index (χ1n) is 9.41. The van der Waals surface area contributed by atoms with Gasteiger partial charge in [0.2, 0.25) is 0 Å². The Morgan fingerprint density at radius 1 is 1.22 bits per heavy atom. The van der Waals surface area contributed by atoms with Crippen molar-refractivity contribution in [3.63, 3.8) is 0 Å². The zero-order valence-corrected chi connectivity index (χ0v) is 15.1. The zero-order valence-electron chi connectivity index (χ0n) is 15.1. The van der Waals surface area contributed by atoms with Crippen molar-refractivity contribution in [2.75, 3.05) is 11.9 Å². The highest BCUT2D eigenvalue weighted by molar-refractivity contribution is 5.96. The molecule has 0 atom stereocenters. The minimum absolute atomic E-state index is 0.152. The second-order valence-corrected chi connectivity index (χ2v) is 7.60. The molecule has 2 heterocycles. The van der Waals surface area contributed by atoms with Crippen molar-refractivity contribution in [2.45, 2.75) is 37.6 Å². The molecule has 0 spiro atoms. The van der Waals surface area contributed by atoms with Crippen molar-refractivity contribution in [2.24, 2.45) is 0 Å². The molecule has 5 rings (SSSR count). The van der Waals surface area contributed by atoms with Gasteiger partial charge in [-0.1, -0.05) is 0 Å². The molecule has 0 unspecified atom stereocenters. The van der Waals surface area contributed by atoms with E-state index in [0.717, 1.165) is 29.6 Å². The third-order valence-electron chi connectivity index (χ3n) is 5.36. The summed E-state index contributed by atoms with van der Waals surface area (Å²) in [5.41, 5.74) is 3.69. The first-order chi connectivity index (χ1) is 13.1. The molecule has 2 aliphatic rings. The summed E-state index contributed by atoms with van der Waals surface area (Å²) in [6.45, 7) is 0. The van der Waals surface area contributed by atoms with Crippen molar-refractivity contribution >= 4 is 28.3 Å². The van der Waals surface area contributed by atoms with Crippen LogP contribution in [-0.4, -0.2) is 29.0 Å². The van der Waals surface area contributed by atoms with Crippen LogP contribution in [0.3, 0.4) is 0 Å². The molecule has 2 N–H and O–H groups in total. The number of aromatic amines is 1. The maximum absolute atomic E-state index is 14.5. The van der Waals surface area contributed by atoms with Gasteiger partial charge in [0.25, 0.3) is 5.91 Å². The van der Waals surface area contributed by atoms with Gasteiger partial charge in [0, 0.05) is 29.7 Å². The van der Waals surface area contributed by atoms with Gasteiger partial charge in [-0.15, -0.1) is 0 Å². The number of halogens is 1. The molecule has 0 bridgehead atoms. The Labute approximate surface area is 156 Å². The number of fused-ring (bicyclic) bond motifs is 1. The predicted molar refractivity (Wildman–Crippen MR) is 103 cm³/mol. The topological polar surface area (TPSA) is 61.0 Å². The number of H-pyrrole nitrogens is 1. The molecule has 0 aliphatic heterocycles. The lowest BCUT2D eigenvalue weighted by molar-refractivity contribution is 0.0951. The van der Waals surface area contributed by atoms with Gasteiger partial charge in [0.05, 0.1) is 17.6 Å². The van der Waals surface area contributed by atoms with Gasteiger partial charge in [0.15, 0.2) is 0 Å². The van der Waals surface area contributed by atoms with Crippen molar-refractivity contribution in [3.8, 4) is 0 Å². The number of carbonyl (C=O) groups is 1. The fourth-order valence-corrected chi connectivity index (χ4v) is 3.37. The zero-order chi connectivity index (χ0) is 18.5. The second kappa shape index (κ2) is 6.08. The molecule has 1 aromatic carbocycles. The lowest BCUT2D eigenvalue weighted by atomic mass is 10.1. The third kappa shape index (κ3) is 3.16. The van der Waals surface area contributed by atoms with Crippen LogP contribution < -0.4 is 10.2 Å². The van der Waals surface area contributed by atoms with Gasteiger partial charge in [-0.05, 0) is 61.9 Å². The van der Waals surface area contributed by atoms with E-state index in [4.69, 9.17) is 0 Å². The van der Waals surface area contributed by atoms with E-state index in [1.165, 1.54) is 30.7 Å². The van der Waals surface area contributed by atoms with E-state index in [-0.39, 0.29) is 17.8 Å². The van der Waals surface area contributed by atoms with Crippen LogP contribution in [0.5, 0.6) is 0 Å². The Kier molecular flexibility index (Phi) is 3.67. The molecule has 138 valence electrons. The number of hydrogen-bond donors (Lipinski definition) is 2. The Morgan fingerprint density at radius 3 is 2.78 bits per heavy atom. The highest BCUT2D eigenvalue weighted by Gasteiger charge is 2.26. The van der Waals surface area contributed by atoms with Crippen LogP contribution in [0.4, 0.5) is 15.8 Å². The number of nitrogens with zero attached hydrogens (tertiary/aromatic N) is 2. The number of rotatable bonds is 5. The standard InChI is InChI=1S/C21H21FN4O/c1-26(16-8-14-9-18(12-2-3-12)25-20(14)23-11-16)19-10-13(4-7-17(19)22)21(27)24-15-5-6-15/h4,7-12,15H,2-3,5-6H2,1H3,(H,23,25)(H,24,27). The van der Waals surface area contributed by atoms with E-state index in [1.807, 2.05) is 6.07 Å². The SMILES string of the molecule is CN(c1cnc2[nH]c(C3CC3)cc2c1)c1cc(C(=O)NC2CC2)ccc1F. The number of amides is 1. The molecular formula is C21H21FN4O. The highest BCUT2D eigenvalue weighted by atomic mass is 19.1. The van der Waals surface area contributed by atoms with Crippen LogP contribution in [-0.2, 0) is 0 Å². The van der Waals surface area contributed by atoms with Crippen LogP contribution >= 0.6 is 0 Å². The summed E-state index contributed by atoms with van der Waals surface area (Å²) in [5.74, 6) is 0.105. The van der Waals surface area contributed by atoms with E-state index in [1.54, 1.807) is 24.2 Å². The molecule has 27 heavy (non-hydrogen) atoms. The molecule has 2 saturated carbocycles. The Balaban J connectivity index is 1.46. The van der Waals surface area contributed by atoms with E-state index in [2.05, 4.69) is 21.4 Å². The first-order valence-corrected chi connectivity index (χ1v) is 9.41. The number of anilines is 2. The van der Waals surface area contributed by atoms with Crippen LogP contribution in [0.2, 0.25) is 0 Å². The van der Waals surface area contributed by atoms with Crippen LogP contribution in [0.1, 0.15) is 47.7 Å². The van der Waals surface area contributed by atoms with Gasteiger partial charge in [-0.2, -0.15) is 0 Å². The number of pyridine rings is 1. The smallest absolute Gasteiger partial charge is 0.251 e. The summed E-state index contributed by atoms with van der Waals surface area (Å²) in [5, 5.41) is 3.96. The predicted octanol–water partition coefficient (Wildman–Crippen LogP) is 4.24. The Bertz CT molecular complexity index is 1040. The largest absolute Gasteiger partial charge is 0.349 e. The molecule has 0 radical (unpaired) electrons. The average Bonchev–Trinajstić information content (AvgIpc) is 3.60. The maximum atomic E-state index is 14.5. The first kappa shape index (κ1) is 16.3. The maximum Gasteiger partial charge on any atom is 0.251 e. The molecule has 5 nitrogen and oxygen atoms in total. The molecule has 2 fully saturated rings. The van der Waals surface area contributed by atoms with Crippen LogP contribution in [0.25, 0.3) is 11.0 Å². The summed E-state index contributed by atoms with van der Waals surface area (Å²) in [7, 11) is 1.79. The average molecular weight is 364 g/mol. The highest BCUT2D eigenvalue weighted by Crippen LogP contribution is 2.40. The van der Waals surface area contributed by atoms with E-state index < -0.39 is 0 Å². The number of hydrogen-bond acceptors (Lipinski definition) is 3. The number of nitrogens with one attached hydrogen (secondary N) is 2. The number of carbonyl (C=O) groups excluding carboxylic acids is 1. The minimum atomic E-state index is -0.367. The van der Waals surface area contributed by atoms with Crippen LogP contribution in [0, 0.1) is 5.82 Å². The number of aromatic nitrogens is 2. The van der Waals surface area contributed by atoms with Gasteiger partial charge in [-0.3, -0.25) is 4.79 Å². The van der Waals surface area contributed by atoms with Gasteiger partial charge in [0.1, 0.15) is 11.5 Å². The molecule has 3 aromatic rings. The fourth-order valence-electron chi connectivity index (χ4n) is 3.37. The molecule has 6 heteroatoms. The van der Waals surface area contributed by atoms with E-state index in [9.17, 15) is 9.18 Å². The normalized spacial score (nSPS) is 16.5. The molecule has 0 saturated heterocycles. The lowest BCUT2D eigenvalue weighted by Crippen LogP contribution is -2.25. The van der Waals surface area contributed by atoms with Gasteiger partial charge in [-0.25, -0.2) is 9.37 Å². The monoisotopic (exact) mass is 364 g/mol.